The van der Waals surface area contributed by atoms with E-state index in [1.54, 1.807) is 30.3 Å². The molecule has 0 aliphatic rings. The van der Waals surface area contributed by atoms with Crippen LogP contribution in [0.3, 0.4) is 0 Å². The molecule has 0 aliphatic heterocycles. The maximum atomic E-state index is 8.99. The quantitative estimate of drug-likeness (QED) is 0.907. The molecule has 1 aromatic carbocycles. The molecule has 17 heavy (non-hydrogen) atoms. The summed E-state index contributed by atoms with van der Waals surface area (Å²) in [5.41, 5.74) is 1.55. The topological polar surface area (TPSA) is 42.4 Å². The fourth-order valence-electron chi connectivity index (χ4n) is 1.40. The van der Waals surface area contributed by atoms with E-state index in [1.807, 2.05) is 13.0 Å². The summed E-state index contributed by atoms with van der Waals surface area (Å²) in [6, 6.07) is 10.7. The Morgan fingerprint density at radius 3 is 2.88 bits per heavy atom. The number of halogens is 1. The lowest BCUT2D eigenvalue weighted by Crippen LogP contribution is -1.94. The zero-order valence-electron chi connectivity index (χ0n) is 9.35. The lowest BCUT2D eigenvalue weighted by molar-refractivity contribution is 0.275. The van der Waals surface area contributed by atoms with Crippen molar-refractivity contribution in [2.24, 2.45) is 0 Å². The molecule has 1 heterocycles. The first-order chi connectivity index (χ1) is 8.19. The number of aliphatic hydroxyl groups excluding tert-OH is 1. The number of hydrogen-bond acceptors (Lipinski definition) is 3. The maximum Gasteiger partial charge on any atom is 0.219 e. The van der Waals surface area contributed by atoms with Crippen LogP contribution in [0.4, 0.5) is 0 Å². The second-order valence-corrected chi connectivity index (χ2v) is 4.07. The van der Waals surface area contributed by atoms with Crippen LogP contribution in [-0.4, -0.2) is 10.1 Å². The minimum absolute atomic E-state index is 0.105. The summed E-state index contributed by atoms with van der Waals surface area (Å²) in [5.74, 6) is 1.11. The van der Waals surface area contributed by atoms with E-state index < -0.39 is 0 Å². The van der Waals surface area contributed by atoms with Gasteiger partial charge in [0.05, 0.1) is 12.3 Å². The Balaban J connectivity index is 2.27. The number of aromatic nitrogens is 1. The highest BCUT2D eigenvalue weighted by Crippen LogP contribution is 2.26. The van der Waals surface area contributed by atoms with E-state index in [0.29, 0.717) is 22.3 Å². The van der Waals surface area contributed by atoms with Crippen molar-refractivity contribution in [3.05, 3.63) is 52.7 Å². The highest BCUT2D eigenvalue weighted by Gasteiger charge is 2.04. The Morgan fingerprint density at radius 1 is 1.29 bits per heavy atom. The molecule has 88 valence electrons. The molecule has 0 spiro atoms. The number of ether oxygens (including phenoxy) is 1. The second kappa shape index (κ2) is 5.17. The molecule has 0 unspecified atom stereocenters. The SMILES string of the molecule is Cc1ccc(Cl)cc1Oc1cccc(CO)n1. The third-order valence-corrected chi connectivity index (χ3v) is 2.54. The van der Waals surface area contributed by atoms with Gasteiger partial charge < -0.3 is 9.84 Å². The minimum Gasteiger partial charge on any atom is -0.439 e. The number of benzene rings is 1. The molecule has 0 saturated carbocycles. The summed E-state index contributed by atoms with van der Waals surface area (Å²) in [7, 11) is 0. The monoisotopic (exact) mass is 249 g/mol. The summed E-state index contributed by atoms with van der Waals surface area (Å²) >= 11 is 5.90. The van der Waals surface area contributed by atoms with E-state index in [-0.39, 0.29) is 6.61 Å². The van der Waals surface area contributed by atoms with Crippen LogP contribution in [0.25, 0.3) is 0 Å². The van der Waals surface area contributed by atoms with Gasteiger partial charge >= 0.3 is 0 Å². The number of aliphatic hydroxyl groups is 1. The van der Waals surface area contributed by atoms with Crippen LogP contribution in [0.15, 0.2) is 36.4 Å². The molecule has 0 bridgehead atoms. The average molecular weight is 250 g/mol. The van der Waals surface area contributed by atoms with Crippen LogP contribution in [0.2, 0.25) is 5.02 Å². The summed E-state index contributed by atoms with van der Waals surface area (Å²) in [6.07, 6.45) is 0. The van der Waals surface area contributed by atoms with Crippen molar-refractivity contribution in [1.82, 2.24) is 4.98 Å². The van der Waals surface area contributed by atoms with Crippen LogP contribution in [-0.2, 0) is 6.61 Å². The standard InChI is InChI=1S/C13H12ClNO2/c1-9-5-6-10(14)7-12(9)17-13-4-2-3-11(8-16)15-13/h2-7,16H,8H2,1H3. The number of rotatable bonds is 3. The second-order valence-electron chi connectivity index (χ2n) is 3.64. The fourth-order valence-corrected chi connectivity index (χ4v) is 1.56. The number of pyridine rings is 1. The van der Waals surface area contributed by atoms with Gasteiger partial charge in [0.2, 0.25) is 5.88 Å². The summed E-state index contributed by atoms with van der Waals surface area (Å²) in [5, 5.41) is 9.60. The molecule has 4 heteroatoms. The van der Waals surface area contributed by atoms with E-state index in [2.05, 4.69) is 4.98 Å². The molecule has 0 fully saturated rings. The number of nitrogens with zero attached hydrogens (tertiary/aromatic N) is 1. The Labute approximate surface area is 105 Å². The Hall–Kier alpha value is -1.58. The van der Waals surface area contributed by atoms with Gasteiger partial charge in [0.1, 0.15) is 5.75 Å². The lowest BCUT2D eigenvalue weighted by atomic mass is 10.2. The third kappa shape index (κ3) is 2.96. The van der Waals surface area contributed by atoms with Gasteiger partial charge in [0.15, 0.2) is 0 Å². The first-order valence-electron chi connectivity index (χ1n) is 5.20. The molecule has 0 amide bonds. The van der Waals surface area contributed by atoms with Crippen molar-refractivity contribution in [3.63, 3.8) is 0 Å². The van der Waals surface area contributed by atoms with Gasteiger partial charge in [0.25, 0.3) is 0 Å². The summed E-state index contributed by atoms with van der Waals surface area (Å²) < 4.78 is 5.63. The third-order valence-electron chi connectivity index (χ3n) is 2.31. The Bertz CT molecular complexity index is 529. The van der Waals surface area contributed by atoms with Crippen LogP contribution >= 0.6 is 11.6 Å². The zero-order valence-corrected chi connectivity index (χ0v) is 10.1. The highest BCUT2D eigenvalue weighted by molar-refractivity contribution is 6.30. The van der Waals surface area contributed by atoms with Crippen molar-refractivity contribution in [2.45, 2.75) is 13.5 Å². The van der Waals surface area contributed by atoms with Gasteiger partial charge in [-0.15, -0.1) is 0 Å². The van der Waals surface area contributed by atoms with E-state index in [1.165, 1.54) is 0 Å². The molecule has 1 aromatic heterocycles. The molecule has 0 aliphatic carbocycles. The van der Waals surface area contributed by atoms with E-state index in [4.69, 9.17) is 21.4 Å². The van der Waals surface area contributed by atoms with Crippen LogP contribution in [0.5, 0.6) is 11.6 Å². The molecule has 2 rings (SSSR count). The molecule has 0 atom stereocenters. The maximum absolute atomic E-state index is 8.99. The molecule has 0 radical (unpaired) electrons. The van der Waals surface area contributed by atoms with E-state index in [0.717, 1.165) is 5.56 Å². The predicted molar refractivity (Wildman–Crippen MR) is 66.4 cm³/mol. The fraction of sp³-hybridized carbons (Fsp3) is 0.154. The number of hydrogen-bond donors (Lipinski definition) is 1. The van der Waals surface area contributed by atoms with Crippen molar-refractivity contribution in [1.29, 1.82) is 0 Å². The van der Waals surface area contributed by atoms with Crippen molar-refractivity contribution in [3.8, 4) is 11.6 Å². The number of aryl methyl sites for hydroxylation is 1. The van der Waals surface area contributed by atoms with Gasteiger partial charge in [0, 0.05) is 11.1 Å². The smallest absolute Gasteiger partial charge is 0.219 e. The molecular formula is C13H12ClNO2. The molecule has 0 saturated heterocycles. The van der Waals surface area contributed by atoms with Gasteiger partial charge in [-0.2, -0.15) is 0 Å². The van der Waals surface area contributed by atoms with Crippen LogP contribution < -0.4 is 4.74 Å². The van der Waals surface area contributed by atoms with Crippen LogP contribution in [0.1, 0.15) is 11.3 Å². The van der Waals surface area contributed by atoms with Gasteiger partial charge in [-0.05, 0) is 30.7 Å². The van der Waals surface area contributed by atoms with Crippen molar-refractivity contribution < 1.29 is 9.84 Å². The summed E-state index contributed by atoms with van der Waals surface area (Å²) in [4.78, 5) is 4.14. The highest BCUT2D eigenvalue weighted by atomic mass is 35.5. The van der Waals surface area contributed by atoms with Crippen molar-refractivity contribution in [2.75, 3.05) is 0 Å². The van der Waals surface area contributed by atoms with E-state index in [9.17, 15) is 0 Å². The normalized spacial score (nSPS) is 10.3. The molecule has 2 aromatic rings. The lowest BCUT2D eigenvalue weighted by Gasteiger charge is -2.08. The van der Waals surface area contributed by atoms with Gasteiger partial charge in [-0.3, -0.25) is 0 Å². The Morgan fingerprint density at radius 2 is 2.12 bits per heavy atom. The van der Waals surface area contributed by atoms with Crippen LogP contribution in [0, 0.1) is 6.92 Å². The molecular weight excluding hydrogens is 238 g/mol. The molecule has 3 nitrogen and oxygen atoms in total. The van der Waals surface area contributed by atoms with E-state index >= 15 is 0 Å². The first kappa shape index (κ1) is 11.9. The average Bonchev–Trinajstić information content (AvgIpc) is 2.34. The minimum atomic E-state index is -0.105. The largest absolute Gasteiger partial charge is 0.439 e. The van der Waals surface area contributed by atoms with Crippen molar-refractivity contribution >= 4 is 11.6 Å². The Kier molecular flexibility index (Phi) is 3.61. The first-order valence-corrected chi connectivity index (χ1v) is 5.57. The zero-order chi connectivity index (χ0) is 12.3. The van der Waals surface area contributed by atoms with Gasteiger partial charge in [-0.25, -0.2) is 4.98 Å². The summed E-state index contributed by atoms with van der Waals surface area (Å²) in [6.45, 7) is 1.83. The van der Waals surface area contributed by atoms with Gasteiger partial charge in [-0.1, -0.05) is 23.7 Å². The molecule has 1 N–H and O–H groups in total. The predicted octanol–water partition coefficient (Wildman–Crippen LogP) is 3.33.